The SMILES string of the molecule is CC1C[CH]CC(C)N1C. The second kappa shape index (κ2) is 2.70. The van der Waals surface area contributed by atoms with Crippen LogP contribution < -0.4 is 0 Å². The Bertz CT molecular complexity index is 80.6. The van der Waals surface area contributed by atoms with E-state index in [-0.39, 0.29) is 0 Å². The van der Waals surface area contributed by atoms with E-state index in [1.165, 1.54) is 12.8 Å². The van der Waals surface area contributed by atoms with E-state index >= 15 is 0 Å². The third kappa shape index (κ3) is 1.45. The van der Waals surface area contributed by atoms with E-state index in [1.54, 1.807) is 0 Å². The van der Waals surface area contributed by atoms with Gasteiger partial charge in [-0.25, -0.2) is 0 Å². The van der Waals surface area contributed by atoms with Gasteiger partial charge in [-0.15, -0.1) is 0 Å². The van der Waals surface area contributed by atoms with Crippen LogP contribution in [0.25, 0.3) is 0 Å². The molecule has 0 saturated carbocycles. The third-order valence-electron chi connectivity index (χ3n) is 2.41. The molecule has 1 saturated heterocycles. The summed E-state index contributed by atoms with van der Waals surface area (Å²) < 4.78 is 0. The summed E-state index contributed by atoms with van der Waals surface area (Å²) >= 11 is 0. The fourth-order valence-corrected chi connectivity index (χ4v) is 1.35. The Morgan fingerprint density at radius 2 is 1.67 bits per heavy atom. The monoisotopic (exact) mass is 126 g/mol. The van der Waals surface area contributed by atoms with Gasteiger partial charge in [0.25, 0.3) is 0 Å². The molecule has 53 valence electrons. The average Bonchev–Trinajstić information content (AvgIpc) is 1.83. The summed E-state index contributed by atoms with van der Waals surface area (Å²) in [6.45, 7) is 4.57. The van der Waals surface area contributed by atoms with E-state index < -0.39 is 0 Å². The van der Waals surface area contributed by atoms with Crippen molar-refractivity contribution in [2.75, 3.05) is 7.05 Å². The largest absolute Gasteiger partial charge is 0.301 e. The van der Waals surface area contributed by atoms with Crippen LogP contribution in [0, 0.1) is 6.42 Å². The van der Waals surface area contributed by atoms with Crippen LogP contribution in [0.15, 0.2) is 0 Å². The van der Waals surface area contributed by atoms with Crippen molar-refractivity contribution in [1.29, 1.82) is 0 Å². The van der Waals surface area contributed by atoms with Gasteiger partial charge < -0.3 is 4.90 Å². The van der Waals surface area contributed by atoms with Crippen LogP contribution >= 0.6 is 0 Å². The Morgan fingerprint density at radius 3 is 2.00 bits per heavy atom. The molecule has 0 aromatic heterocycles. The fourth-order valence-electron chi connectivity index (χ4n) is 1.35. The molecule has 0 aliphatic carbocycles. The van der Waals surface area contributed by atoms with Gasteiger partial charge in [0.15, 0.2) is 0 Å². The maximum Gasteiger partial charge on any atom is 0.00694 e. The van der Waals surface area contributed by atoms with Crippen molar-refractivity contribution in [3.63, 3.8) is 0 Å². The molecule has 1 radical (unpaired) electrons. The van der Waals surface area contributed by atoms with E-state index in [1.807, 2.05) is 0 Å². The Kier molecular flexibility index (Phi) is 2.12. The standard InChI is InChI=1S/C8H16N/c1-7-5-4-6-8(2)9(7)3/h4,7-8H,5-6H2,1-3H3. The Labute approximate surface area is 58.0 Å². The third-order valence-corrected chi connectivity index (χ3v) is 2.41. The molecule has 1 aliphatic heterocycles. The lowest BCUT2D eigenvalue weighted by atomic mass is 9.99. The summed E-state index contributed by atoms with van der Waals surface area (Å²) in [5, 5.41) is 0. The zero-order valence-corrected chi connectivity index (χ0v) is 6.59. The van der Waals surface area contributed by atoms with Crippen molar-refractivity contribution in [3.8, 4) is 0 Å². The van der Waals surface area contributed by atoms with Gasteiger partial charge in [0.05, 0.1) is 0 Å². The molecule has 1 aliphatic rings. The first-order valence-corrected chi connectivity index (χ1v) is 3.75. The number of likely N-dealkylation sites (tertiary alicyclic amines) is 1. The molecule has 0 aromatic carbocycles. The minimum Gasteiger partial charge on any atom is -0.301 e. The van der Waals surface area contributed by atoms with Crippen molar-refractivity contribution < 1.29 is 0 Å². The molecular formula is C8H16N. The molecule has 9 heavy (non-hydrogen) atoms. The van der Waals surface area contributed by atoms with Gasteiger partial charge in [0.1, 0.15) is 0 Å². The highest BCUT2D eigenvalue weighted by Gasteiger charge is 2.19. The molecule has 0 spiro atoms. The van der Waals surface area contributed by atoms with Crippen LogP contribution in [-0.4, -0.2) is 24.0 Å². The van der Waals surface area contributed by atoms with Crippen LogP contribution in [0.2, 0.25) is 0 Å². The van der Waals surface area contributed by atoms with Gasteiger partial charge in [0.2, 0.25) is 0 Å². The summed E-state index contributed by atoms with van der Waals surface area (Å²) in [5.74, 6) is 0. The Morgan fingerprint density at radius 1 is 1.22 bits per heavy atom. The molecule has 2 atom stereocenters. The summed E-state index contributed by atoms with van der Waals surface area (Å²) in [7, 11) is 2.21. The number of hydrogen-bond donors (Lipinski definition) is 0. The predicted molar refractivity (Wildman–Crippen MR) is 40.2 cm³/mol. The van der Waals surface area contributed by atoms with Gasteiger partial charge in [-0.3, -0.25) is 0 Å². The minimum absolute atomic E-state index is 0.758. The van der Waals surface area contributed by atoms with Crippen LogP contribution in [0.5, 0.6) is 0 Å². The second-order valence-corrected chi connectivity index (χ2v) is 3.12. The maximum absolute atomic E-state index is 2.44. The molecule has 1 heteroatoms. The first kappa shape index (κ1) is 7.07. The van der Waals surface area contributed by atoms with Crippen molar-refractivity contribution in [2.45, 2.75) is 38.8 Å². The van der Waals surface area contributed by atoms with Crippen molar-refractivity contribution in [3.05, 3.63) is 6.42 Å². The molecule has 1 fully saturated rings. The van der Waals surface area contributed by atoms with E-state index in [0.29, 0.717) is 0 Å². The quantitative estimate of drug-likeness (QED) is 0.477. The molecule has 0 bridgehead atoms. The highest BCUT2D eigenvalue weighted by molar-refractivity contribution is 4.86. The van der Waals surface area contributed by atoms with Crippen LogP contribution in [-0.2, 0) is 0 Å². The summed E-state index contributed by atoms with van der Waals surface area (Å²) in [4.78, 5) is 2.44. The lowest BCUT2D eigenvalue weighted by Crippen LogP contribution is -2.40. The Hall–Kier alpha value is -0.0400. The van der Waals surface area contributed by atoms with Crippen molar-refractivity contribution in [2.24, 2.45) is 0 Å². The lowest BCUT2D eigenvalue weighted by molar-refractivity contribution is 0.164. The lowest BCUT2D eigenvalue weighted by Gasteiger charge is -2.35. The number of nitrogens with zero attached hydrogens (tertiary/aromatic N) is 1. The molecule has 0 amide bonds. The minimum atomic E-state index is 0.758. The number of hydrogen-bond acceptors (Lipinski definition) is 1. The van der Waals surface area contributed by atoms with Crippen LogP contribution in [0.3, 0.4) is 0 Å². The topological polar surface area (TPSA) is 3.24 Å². The molecule has 1 rings (SSSR count). The summed E-state index contributed by atoms with van der Waals surface area (Å²) in [6.07, 6.45) is 4.93. The highest BCUT2D eigenvalue weighted by atomic mass is 15.2. The van der Waals surface area contributed by atoms with E-state index in [0.717, 1.165) is 12.1 Å². The smallest absolute Gasteiger partial charge is 0.00694 e. The van der Waals surface area contributed by atoms with Crippen molar-refractivity contribution in [1.82, 2.24) is 4.90 Å². The summed E-state index contributed by atoms with van der Waals surface area (Å²) in [6, 6.07) is 1.52. The summed E-state index contributed by atoms with van der Waals surface area (Å²) in [5.41, 5.74) is 0. The van der Waals surface area contributed by atoms with Gasteiger partial charge >= 0.3 is 0 Å². The normalized spacial score (nSPS) is 39.0. The fraction of sp³-hybridized carbons (Fsp3) is 0.875. The Balaban J connectivity index is 2.41. The zero-order chi connectivity index (χ0) is 6.85. The van der Waals surface area contributed by atoms with Gasteiger partial charge in [-0.1, -0.05) is 0 Å². The van der Waals surface area contributed by atoms with Crippen LogP contribution in [0.4, 0.5) is 0 Å². The molecule has 1 heterocycles. The van der Waals surface area contributed by atoms with E-state index in [9.17, 15) is 0 Å². The average molecular weight is 126 g/mol. The van der Waals surface area contributed by atoms with E-state index in [2.05, 4.69) is 32.2 Å². The van der Waals surface area contributed by atoms with Gasteiger partial charge in [0, 0.05) is 12.1 Å². The van der Waals surface area contributed by atoms with Gasteiger partial charge in [-0.05, 0) is 40.2 Å². The first-order chi connectivity index (χ1) is 4.22. The number of piperidine rings is 1. The first-order valence-electron chi connectivity index (χ1n) is 3.75. The molecule has 0 aromatic rings. The molecular weight excluding hydrogens is 110 g/mol. The number of rotatable bonds is 0. The van der Waals surface area contributed by atoms with Gasteiger partial charge in [-0.2, -0.15) is 0 Å². The second-order valence-electron chi connectivity index (χ2n) is 3.12. The van der Waals surface area contributed by atoms with Crippen LogP contribution in [0.1, 0.15) is 26.7 Å². The maximum atomic E-state index is 2.44. The molecule has 2 unspecified atom stereocenters. The zero-order valence-electron chi connectivity index (χ0n) is 6.59. The highest BCUT2D eigenvalue weighted by Crippen LogP contribution is 2.18. The molecule has 0 N–H and O–H groups in total. The predicted octanol–water partition coefficient (Wildman–Crippen LogP) is 1.69. The van der Waals surface area contributed by atoms with Crippen molar-refractivity contribution >= 4 is 0 Å². The van der Waals surface area contributed by atoms with E-state index in [4.69, 9.17) is 0 Å². The molecule has 1 nitrogen and oxygen atoms in total.